The standard InChI is InChI=1S/C10H19N3O/c1-4-9(8(2)3)11-6-5-10-12-7-13-14-10/h7-9,11H,4-6H2,1-3H3. The molecule has 0 saturated carbocycles. The van der Waals surface area contributed by atoms with E-state index in [2.05, 4.69) is 36.2 Å². The minimum absolute atomic E-state index is 0.581. The van der Waals surface area contributed by atoms with Crippen LogP contribution in [0.3, 0.4) is 0 Å². The Bertz CT molecular complexity index is 234. The van der Waals surface area contributed by atoms with Gasteiger partial charge in [-0.25, -0.2) is 0 Å². The molecule has 14 heavy (non-hydrogen) atoms. The SMILES string of the molecule is CCC(NCCc1ncno1)C(C)C. The molecule has 0 radical (unpaired) electrons. The molecule has 0 amide bonds. The van der Waals surface area contributed by atoms with Crippen LogP contribution in [0.5, 0.6) is 0 Å². The summed E-state index contributed by atoms with van der Waals surface area (Å²) in [5, 5.41) is 7.04. The average Bonchev–Trinajstić information content (AvgIpc) is 2.64. The summed E-state index contributed by atoms with van der Waals surface area (Å²) >= 11 is 0. The fraction of sp³-hybridized carbons (Fsp3) is 0.800. The lowest BCUT2D eigenvalue weighted by molar-refractivity contribution is 0.355. The lowest BCUT2D eigenvalue weighted by atomic mass is 10.0. The van der Waals surface area contributed by atoms with Crippen molar-refractivity contribution >= 4 is 0 Å². The Balaban J connectivity index is 2.20. The lowest BCUT2D eigenvalue weighted by Crippen LogP contribution is -2.34. The Hall–Kier alpha value is -0.900. The van der Waals surface area contributed by atoms with Crippen molar-refractivity contribution in [2.45, 2.75) is 39.7 Å². The molecule has 1 rings (SSSR count). The lowest BCUT2D eigenvalue weighted by Gasteiger charge is -2.20. The van der Waals surface area contributed by atoms with Gasteiger partial charge < -0.3 is 9.84 Å². The Kier molecular flexibility index (Phi) is 4.59. The monoisotopic (exact) mass is 197 g/mol. The van der Waals surface area contributed by atoms with Crippen molar-refractivity contribution in [1.82, 2.24) is 15.5 Å². The molecule has 80 valence electrons. The summed E-state index contributed by atoms with van der Waals surface area (Å²) in [5.74, 6) is 1.37. The normalized spacial score (nSPS) is 13.4. The first kappa shape index (κ1) is 11.2. The molecule has 1 aromatic heterocycles. The molecule has 1 atom stereocenters. The van der Waals surface area contributed by atoms with Crippen molar-refractivity contribution in [2.24, 2.45) is 5.92 Å². The van der Waals surface area contributed by atoms with E-state index in [1.165, 1.54) is 6.33 Å². The Morgan fingerprint density at radius 1 is 1.50 bits per heavy atom. The van der Waals surface area contributed by atoms with Gasteiger partial charge >= 0.3 is 0 Å². The fourth-order valence-electron chi connectivity index (χ4n) is 1.52. The van der Waals surface area contributed by atoms with E-state index in [1.54, 1.807) is 0 Å². The first-order valence-corrected chi connectivity index (χ1v) is 5.23. The summed E-state index contributed by atoms with van der Waals surface area (Å²) in [5.41, 5.74) is 0. The summed E-state index contributed by atoms with van der Waals surface area (Å²) in [6.45, 7) is 7.56. The number of rotatable bonds is 6. The molecule has 4 nitrogen and oxygen atoms in total. The highest BCUT2D eigenvalue weighted by atomic mass is 16.5. The second-order valence-electron chi connectivity index (χ2n) is 3.80. The summed E-state index contributed by atoms with van der Waals surface area (Å²) in [6, 6.07) is 0.581. The minimum atomic E-state index is 0.581. The molecule has 0 aliphatic rings. The van der Waals surface area contributed by atoms with Gasteiger partial charge in [-0.15, -0.1) is 0 Å². The minimum Gasteiger partial charge on any atom is -0.340 e. The zero-order valence-corrected chi connectivity index (χ0v) is 9.16. The predicted octanol–water partition coefficient (Wildman–Crippen LogP) is 1.64. The van der Waals surface area contributed by atoms with Crippen molar-refractivity contribution in [2.75, 3.05) is 6.54 Å². The van der Waals surface area contributed by atoms with E-state index < -0.39 is 0 Å². The van der Waals surface area contributed by atoms with Gasteiger partial charge in [-0.1, -0.05) is 25.9 Å². The van der Waals surface area contributed by atoms with Gasteiger partial charge in [0.05, 0.1) is 0 Å². The van der Waals surface area contributed by atoms with Gasteiger partial charge in [-0.05, 0) is 12.3 Å². The van der Waals surface area contributed by atoms with Crippen molar-refractivity contribution < 1.29 is 4.52 Å². The predicted molar refractivity (Wildman–Crippen MR) is 54.9 cm³/mol. The molecule has 0 bridgehead atoms. The van der Waals surface area contributed by atoms with E-state index in [9.17, 15) is 0 Å². The van der Waals surface area contributed by atoms with E-state index in [1.807, 2.05) is 0 Å². The molecular formula is C10H19N3O. The number of hydrogen-bond donors (Lipinski definition) is 1. The van der Waals surface area contributed by atoms with Gasteiger partial charge in [-0.2, -0.15) is 4.98 Å². The van der Waals surface area contributed by atoms with Crippen LogP contribution in [0.15, 0.2) is 10.9 Å². The first-order valence-electron chi connectivity index (χ1n) is 5.23. The molecule has 1 N–H and O–H groups in total. The molecule has 0 spiro atoms. The molecule has 0 aliphatic heterocycles. The number of nitrogens with one attached hydrogen (secondary N) is 1. The summed E-state index contributed by atoms with van der Waals surface area (Å²) < 4.78 is 4.91. The highest BCUT2D eigenvalue weighted by Gasteiger charge is 2.09. The number of nitrogens with zero attached hydrogens (tertiary/aromatic N) is 2. The van der Waals surface area contributed by atoms with Gasteiger partial charge in [-0.3, -0.25) is 0 Å². The molecule has 0 aliphatic carbocycles. The quantitative estimate of drug-likeness (QED) is 0.753. The maximum absolute atomic E-state index is 4.91. The van der Waals surface area contributed by atoms with Crippen LogP contribution >= 0.6 is 0 Å². The third-order valence-corrected chi connectivity index (χ3v) is 2.40. The van der Waals surface area contributed by atoms with Crippen LogP contribution in [0, 0.1) is 5.92 Å². The van der Waals surface area contributed by atoms with Crippen LogP contribution in [0.4, 0.5) is 0 Å². The second-order valence-corrected chi connectivity index (χ2v) is 3.80. The van der Waals surface area contributed by atoms with Crippen molar-refractivity contribution in [1.29, 1.82) is 0 Å². The second kappa shape index (κ2) is 5.75. The third kappa shape index (κ3) is 3.46. The highest BCUT2D eigenvalue weighted by molar-refractivity contribution is 4.77. The number of hydrogen-bond acceptors (Lipinski definition) is 4. The van der Waals surface area contributed by atoms with Gasteiger partial charge in [0, 0.05) is 19.0 Å². The van der Waals surface area contributed by atoms with Crippen molar-refractivity contribution in [3.8, 4) is 0 Å². The third-order valence-electron chi connectivity index (χ3n) is 2.40. The zero-order valence-electron chi connectivity index (χ0n) is 9.16. The summed E-state index contributed by atoms with van der Waals surface area (Å²) in [7, 11) is 0. The summed E-state index contributed by atoms with van der Waals surface area (Å²) in [6.07, 6.45) is 3.40. The molecule has 1 heterocycles. The van der Waals surface area contributed by atoms with Gasteiger partial charge in [0.15, 0.2) is 6.33 Å². The van der Waals surface area contributed by atoms with Crippen LogP contribution in [0.2, 0.25) is 0 Å². The van der Waals surface area contributed by atoms with Crippen molar-refractivity contribution in [3.05, 3.63) is 12.2 Å². The van der Waals surface area contributed by atoms with E-state index in [0.29, 0.717) is 17.9 Å². The fourth-order valence-corrected chi connectivity index (χ4v) is 1.52. The van der Waals surface area contributed by atoms with Crippen LogP contribution in [0.25, 0.3) is 0 Å². The van der Waals surface area contributed by atoms with E-state index in [0.717, 1.165) is 19.4 Å². The van der Waals surface area contributed by atoms with Crippen LogP contribution in [-0.2, 0) is 6.42 Å². The molecule has 4 heteroatoms. The maximum Gasteiger partial charge on any atom is 0.227 e. The molecular weight excluding hydrogens is 178 g/mol. The summed E-state index contributed by atoms with van der Waals surface area (Å²) in [4.78, 5) is 3.97. The number of aromatic nitrogens is 2. The van der Waals surface area contributed by atoms with Crippen molar-refractivity contribution in [3.63, 3.8) is 0 Å². The van der Waals surface area contributed by atoms with E-state index in [-0.39, 0.29) is 0 Å². The zero-order chi connectivity index (χ0) is 10.4. The average molecular weight is 197 g/mol. The Morgan fingerprint density at radius 2 is 2.29 bits per heavy atom. The van der Waals surface area contributed by atoms with Crippen LogP contribution < -0.4 is 5.32 Å². The largest absolute Gasteiger partial charge is 0.340 e. The molecule has 1 unspecified atom stereocenters. The van der Waals surface area contributed by atoms with Gasteiger partial charge in [0.1, 0.15) is 0 Å². The Labute approximate surface area is 85.1 Å². The first-order chi connectivity index (χ1) is 6.74. The van der Waals surface area contributed by atoms with Gasteiger partial charge in [0.2, 0.25) is 5.89 Å². The van der Waals surface area contributed by atoms with E-state index >= 15 is 0 Å². The van der Waals surface area contributed by atoms with Crippen LogP contribution in [0.1, 0.15) is 33.1 Å². The molecule has 0 fully saturated rings. The molecule has 0 aromatic carbocycles. The smallest absolute Gasteiger partial charge is 0.227 e. The molecule has 1 aromatic rings. The van der Waals surface area contributed by atoms with E-state index in [4.69, 9.17) is 4.52 Å². The maximum atomic E-state index is 4.91. The van der Waals surface area contributed by atoms with Gasteiger partial charge in [0.25, 0.3) is 0 Å². The Morgan fingerprint density at radius 3 is 2.79 bits per heavy atom. The molecule has 0 saturated heterocycles. The topological polar surface area (TPSA) is 51.0 Å². The highest BCUT2D eigenvalue weighted by Crippen LogP contribution is 2.05. The van der Waals surface area contributed by atoms with Crippen LogP contribution in [-0.4, -0.2) is 22.7 Å².